The molecular formula is C16H16N2O2. The van der Waals surface area contributed by atoms with Crippen molar-refractivity contribution >= 4 is 11.0 Å². The first-order valence-electron chi connectivity index (χ1n) is 6.38. The minimum Gasteiger partial charge on any atom is -0.497 e. The van der Waals surface area contributed by atoms with Gasteiger partial charge in [0.05, 0.1) is 25.3 Å². The Bertz CT molecular complexity index is 762. The molecule has 0 spiro atoms. The second kappa shape index (κ2) is 4.89. The lowest BCUT2D eigenvalue weighted by atomic mass is 10.2. The molecule has 0 bridgehead atoms. The molecule has 0 aliphatic heterocycles. The van der Waals surface area contributed by atoms with E-state index in [9.17, 15) is 0 Å². The normalized spacial score (nSPS) is 10.8. The second-order valence-corrected chi connectivity index (χ2v) is 4.58. The molecule has 0 amide bonds. The second-order valence-electron chi connectivity index (χ2n) is 4.58. The van der Waals surface area contributed by atoms with Crippen molar-refractivity contribution in [1.29, 1.82) is 0 Å². The summed E-state index contributed by atoms with van der Waals surface area (Å²) in [5.74, 6) is 2.55. The van der Waals surface area contributed by atoms with Gasteiger partial charge in [0.1, 0.15) is 17.3 Å². The van der Waals surface area contributed by atoms with Gasteiger partial charge in [-0.25, -0.2) is 4.98 Å². The third-order valence-corrected chi connectivity index (χ3v) is 3.42. The highest BCUT2D eigenvalue weighted by Crippen LogP contribution is 2.28. The molecule has 102 valence electrons. The molecule has 3 rings (SSSR count). The Morgan fingerprint density at radius 1 is 0.950 bits per heavy atom. The van der Waals surface area contributed by atoms with E-state index in [-0.39, 0.29) is 0 Å². The van der Waals surface area contributed by atoms with Gasteiger partial charge in [0.15, 0.2) is 0 Å². The highest BCUT2D eigenvalue weighted by molar-refractivity contribution is 5.82. The van der Waals surface area contributed by atoms with Crippen molar-refractivity contribution in [2.75, 3.05) is 14.2 Å². The Morgan fingerprint density at radius 2 is 1.70 bits per heavy atom. The number of hydrogen-bond acceptors (Lipinski definition) is 3. The van der Waals surface area contributed by atoms with Gasteiger partial charge < -0.3 is 14.0 Å². The molecular weight excluding hydrogens is 252 g/mol. The van der Waals surface area contributed by atoms with Crippen LogP contribution in [0.15, 0.2) is 42.5 Å². The van der Waals surface area contributed by atoms with Crippen LogP contribution >= 0.6 is 0 Å². The van der Waals surface area contributed by atoms with Gasteiger partial charge >= 0.3 is 0 Å². The summed E-state index contributed by atoms with van der Waals surface area (Å²) >= 11 is 0. The SMILES string of the molecule is COc1cccc(-c2nc3cc(OC)ccc3n2C)c1. The lowest BCUT2D eigenvalue weighted by Crippen LogP contribution is -1.93. The van der Waals surface area contributed by atoms with Gasteiger partial charge in [-0.15, -0.1) is 0 Å². The van der Waals surface area contributed by atoms with Gasteiger partial charge in [-0.05, 0) is 24.3 Å². The number of hydrogen-bond donors (Lipinski definition) is 0. The molecule has 3 aromatic rings. The maximum absolute atomic E-state index is 5.27. The van der Waals surface area contributed by atoms with E-state index in [1.54, 1.807) is 14.2 Å². The molecule has 4 heteroatoms. The van der Waals surface area contributed by atoms with Gasteiger partial charge in [-0.1, -0.05) is 12.1 Å². The quantitative estimate of drug-likeness (QED) is 0.731. The summed E-state index contributed by atoms with van der Waals surface area (Å²) < 4.78 is 12.6. The van der Waals surface area contributed by atoms with Crippen LogP contribution in [0.4, 0.5) is 0 Å². The summed E-state index contributed by atoms with van der Waals surface area (Å²) in [4.78, 5) is 4.69. The molecule has 0 N–H and O–H groups in total. The average molecular weight is 268 g/mol. The summed E-state index contributed by atoms with van der Waals surface area (Å²) in [7, 11) is 5.34. The number of imidazole rings is 1. The molecule has 0 saturated carbocycles. The van der Waals surface area contributed by atoms with E-state index < -0.39 is 0 Å². The van der Waals surface area contributed by atoms with Crippen LogP contribution in [-0.2, 0) is 7.05 Å². The third kappa shape index (κ3) is 1.99. The summed E-state index contributed by atoms with van der Waals surface area (Å²) in [5, 5.41) is 0. The molecule has 0 atom stereocenters. The summed E-state index contributed by atoms with van der Waals surface area (Å²) in [5.41, 5.74) is 3.02. The molecule has 1 heterocycles. The molecule has 0 fully saturated rings. The Balaban J connectivity index is 2.18. The van der Waals surface area contributed by atoms with Gasteiger partial charge in [-0.2, -0.15) is 0 Å². The monoisotopic (exact) mass is 268 g/mol. The lowest BCUT2D eigenvalue weighted by Gasteiger charge is -2.05. The van der Waals surface area contributed by atoms with E-state index in [0.29, 0.717) is 0 Å². The predicted molar refractivity (Wildman–Crippen MR) is 79.3 cm³/mol. The van der Waals surface area contributed by atoms with Crippen LogP contribution in [0.3, 0.4) is 0 Å². The smallest absolute Gasteiger partial charge is 0.140 e. The van der Waals surface area contributed by atoms with E-state index in [0.717, 1.165) is 33.9 Å². The highest BCUT2D eigenvalue weighted by Gasteiger charge is 2.11. The maximum Gasteiger partial charge on any atom is 0.140 e. The van der Waals surface area contributed by atoms with Crippen LogP contribution in [0.25, 0.3) is 22.4 Å². The number of ether oxygens (including phenoxy) is 2. The minimum atomic E-state index is 0.813. The van der Waals surface area contributed by atoms with E-state index in [1.165, 1.54) is 0 Å². The van der Waals surface area contributed by atoms with Gasteiger partial charge in [0.2, 0.25) is 0 Å². The number of nitrogens with zero attached hydrogens (tertiary/aromatic N) is 2. The van der Waals surface area contributed by atoms with Crippen LogP contribution < -0.4 is 9.47 Å². The van der Waals surface area contributed by atoms with E-state index in [2.05, 4.69) is 4.57 Å². The van der Waals surface area contributed by atoms with Crippen molar-refractivity contribution in [2.24, 2.45) is 7.05 Å². The number of aromatic nitrogens is 2. The Labute approximate surface area is 117 Å². The van der Waals surface area contributed by atoms with Crippen molar-refractivity contribution in [3.63, 3.8) is 0 Å². The topological polar surface area (TPSA) is 36.3 Å². The van der Waals surface area contributed by atoms with Crippen molar-refractivity contribution in [2.45, 2.75) is 0 Å². The number of methoxy groups -OCH3 is 2. The zero-order valence-electron chi connectivity index (χ0n) is 11.8. The van der Waals surface area contributed by atoms with Crippen LogP contribution in [0.5, 0.6) is 11.5 Å². The lowest BCUT2D eigenvalue weighted by molar-refractivity contribution is 0.415. The fourth-order valence-electron chi connectivity index (χ4n) is 2.33. The standard InChI is InChI=1S/C16H16N2O2/c1-18-15-8-7-13(20-3)10-14(15)17-16(18)11-5-4-6-12(9-11)19-2/h4-10H,1-3H3. The van der Waals surface area contributed by atoms with Crippen LogP contribution in [0, 0.1) is 0 Å². The fourth-order valence-corrected chi connectivity index (χ4v) is 2.33. The number of aryl methyl sites for hydroxylation is 1. The first-order valence-corrected chi connectivity index (χ1v) is 6.38. The summed E-state index contributed by atoms with van der Waals surface area (Å²) in [6.45, 7) is 0. The largest absolute Gasteiger partial charge is 0.497 e. The molecule has 0 radical (unpaired) electrons. The van der Waals surface area contributed by atoms with Crippen molar-refractivity contribution in [1.82, 2.24) is 9.55 Å². The first-order chi connectivity index (χ1) is 9.72. The molecule has 0 saturated heterocycles. The predicted octanol–water partition coefficient (Wildman–Crippen LogP) is 3.26. The summed E-state index contributed by atoms with van der Waals surface area (Å²) in [6, 6.07) is 13.8. The number of benzene rings is 2. The van der Waals surface area contributed by atoms with Crippen LogP contribution in [0.2, 0.25) is 0 Å². The van der Waals surface area contributed by atoms with Gasteiger partial charge in [0, 0.05) is 18.7 Å². The maximum atomic E-state index is 5.27. The molecule has 20 heavy (non-hydrogen) atoms. The molecule has 0 aliphatic rings. The van der Waals surface area contributed by atoms with Crippen LogP contribution in [-0.4, -0.2) is 23.8 Å². The molecule has 4 nitrogen and oxygen atoms in total. The van der Waals surface area contributed by atoms with Crippen molar-refractivity contribution in [3.8, 4) is 22.9 Å². The average Bonchev–Trinajstić information content (AvgIpc) is 2.83. The Hall–Kier alpha value is -2.49. The minimum absolute atomic E-state index is 0.813. The first kappa shape index (κ1) is 12.5. The van der Waals surface area contributed by atoms with Gasteiger partial charge in [0.25, 0.3) is 0 Å². The number of rotatable bonds is 3. The third-order valence-electron chi connectivity index (χ3n) is 3.42. The van der Waals surface area contributed by atoms with E-state index in [4.69, 9.17) is 14.5 Å². The molecule has 2 aromatic carbocycles. The zero-order valence-corrected chi connectivity index (χ0v) is 11.8. The van der Waals surface area contributed by atoms with Crippen molar-refractivity contribution < 1.29 is 9.47 Å². The fraction of sp³-hybridized carbons (Fsp3) is 0.188. The highest BCUT2D eigenvalue weighted by atomic mass is 16.5. The number of fused-ring (bicyclic) bond motifs is 1. The molecule has 0 unspecified atom stereocenters. The van der Waals surface area contributed by atoms with Gasteiger partial charge in [-0.3, -0.25) is 0 Å². The Kier molecular flexibility index (Phi) is 3.06. The van der Waals surface area contributed by atoms with E-state index in [1.807, 2.05) is 49.5 Å². The van der Waals surface area contributed by atoms with Crippen molar-refractivity contribution in [3.05, 3.63) is 42.5 Å². The molecule has 0 aliphatic carbocycles. The molecule has 1 aromatic heterocycles. The van der Waals surface area contributed by atoms with Crippen LogP contribution in [0.1, 0.15) is 0 Å². The zero-order chi connectivity index (χ0) is 14.1. The Morgan fingerprint density at radius 3 is 2.45 bits per heavy atom. The summed E-state index contributed by atoms with van der Waals surface area (Å²) in [6.07, 6.45) is 0. The van der Waals surface area contributed by atoms with E-state index >= 15 is 0 Å².